The number of pyridine rings is 1. The van der Waals surface area contributed by atoms with E-state index in [-0.39, 0.29) is 29.2 Å². The quantitative estimate of drug-likeness (QED) is 0.759. The van der Waals surface area contributed by atoms with Crippen LogP contribution in [0.4, 0.5) is 33.7 Å². The van der Waals surface area contributed by atoms with E-state index in [0.29, 0.717) is 32.4 Å². The number of nitrogens with zero attached hydrogens (tertiary/aromatic N) is 4. The van der Waals surface area contributed by atoms with E-state index in [1.54, 1.807) is 4.90 Å². The number of aromatic nitrogens is 3. The van der Waals surface area contributed by atoms with Gasteiger partial charge in [0, 0.05) is 24.8 Å². The first-order valence-corrected chi connectivity index (χ1v) is 9.32. The molecular formula is C16H16F5N5OS. The number of nitrogen functional groups attached to an aromatic ring is 1. The maximum Gasteiger partial charge on any atom is 0.417 e. The van der Waals surface area contributed by atoms with Crippen LogP contribution in [0.5, 0.6) is 0 Å². The molecule has 0 amide bonds. The number of hydrogen-bond donors (Lipinski definition) is 1. The van der Waals surface area contributed by atoms with Crippen LogP contribution < -0.4 is 10.6 Å². The van der Waals surface area contributed by atoms with Gasteiger partial charge in [0.05, 0.1) is 24.5 Å². The van der Waals surface area contributed by atoms with Gasteiger partial charge >= 0.3 is 11.4 Å². The first kappa shape index (κ1) is 20.5. The normalized spacial score (nSPS) is 15.7. The summed E-state index contributed by atoms with van der Waals surface area (Å²) in [4.78, 5) is 13.3. The zero-order chi connectivity index (χ0) is 20.5. The third-order valence-electron chi connectivity index (χ3n) is 4.07. The van der Waals surface area contributed by atoms with E-state index in [9.17, 15) is 22.0 Å². The van der Waals surface area contributed by atoms with Crippen molar-refractivity contribution in [2.24, 2.45) is 0 Å². The average Bonchev–Trinajstić information content (AvgIpc) is 2.67. The second-order valence-corrected chi connectivity index (χ2v) is 6.83. The summed E-state index contributed by atoms with van der Waals surface area (Å²) in [7, 11) is 0. The highest BCUT2D eigenvalue weighted by molar-refractivity contribution is 7.99. The van der Waals surface area contributed by atoms with Crippen molar-refractivity contribution in [1.82, 2.24) is 15.0 Å². The van der Waals surface area contributed by atoms with Crippen molar-refractivity contribution >= 4 is 23.5 Å². The minimum atomic E-state index is -4.77. The molecule has 6 nitrogen and oxygen atoms in total. The van der Waals surface area contributed by atoms with Gasteiger partial charge in [-0.15, -0.1) is 0 Å². The lowest BCUT2D eigenvalue weighted by Gasteiger charge is -2.28. The Bertz CT molecular complexity index is 858. The largest absolute Gasteiger partial charge is 0.417 e. The molecule has 0 atom stereocenters. The number of alkyl halides is 5. The molecular weight excluding hydrogens is 405 g/mol. The highest BCUT2D eigenvalue weighted by Gasteiger charge is 2.37. The van der Waals surface area contributed by atoms with Crippen molar-refractivity contribution in [2.75, 3.05) is 43.2 Å². The fourth-order valence-electron chi connectivity index (χ4n) is 2.64. The van der Waals surface area contributed by atoms with Gasteiger partial charge in [-0.3, -0.25) is 0 Å². The summed E-state index contributed by atoms with van der Waals surface area (Å²) in [5.41, 5.74) is 2.84. The number of morpholine rings is 1. The zero-order valence-corrected chi connectivity index (χ0v) is 15.4. The molecule has 0 spiro atoms. The maximum atomic E-state index is 14.3. The highest BCUT2D eigenvalue weighted by Crippen LogP contribution is 2.41. The van der Waals surface area contributed by atoms with Crippen molar-refractivity contribution in [3.63, 3.8) is 0 Å². The summed E-state index contributed by atoms with van der Waals surface area (Å²) in [6, 6.07) is 1.50. The van der Waals surface area contributed by atoms with Crippen LogP contribution in [0.15, 0.2) is 18.3 Å². The minimum Gasteiger partial charge on any atom is -0.384 e. The molecule has 28 heavy (non-hydrogen) atoms. The van der Waals surface area contributed by atoms with Crippen LogP contribution in [0.3, 0.4) is 0 Å². The number of ether oxygens (including phenoxy) is 1. The second-order valence-electron chi connectivity index (χ2n) is 5.91. The molecule has 152 valence electrons. The van der Waals surface area contributed by atoms with Crippen molar-refractivity contribution in [3.8, 4) is 11.3 Å². The molecule has 0 bridgehead atoms. The lowest BCUT2D eigenvalue weighted by molar-refractivity contribution is -0.137. The van der Waals surface area contributed by atoms with Gasteiger partial charge in [-0.2, -0.15) is 22.0 Å². The van der Waals surface area contributed by atoms with Crippen LogP contribution in [0.2, 0.25) is 0 Å². The first-order chi connectivity index (χ1) is 13.1. The maximum absolute atomic E-state index is 14.3. The van der Waals surface area contributed by atoms with Gasteiger partial charge in [0.1, 0.15) is 11.5 Å². The predicted molar refractivity (Wildman–Crippen MR) is 95.1 cm³/mol. The Balaban J connectivity index is 2.19. The summed E-state index contributed by atoms with van der Waals surface area (Å²) < 4.78 is 74.2. The number of hydrogen-bond acceptors (Lipinski definition) is 7. The van der Waals surface area contributed by atoms with Crippen LogP contribution >= 0.6 is 11.8 Å². The van der Waals surface area contributed by atoms with Crippen LogP contribution in [0.1, 0.15) is 11.3 Å². The fourth-order valence-corrected chi connectivity index (χ4v) is 2.95. The minimum absolute atomic E-state index is 0.0884. The number of nitrogens with two attached hydrogens (primary N) is 1. The molecule has 2 aromatic rings. The molecule has 0 radical (unpaired) electrons. The summed E-state index contributed by atoms with van der Waals surface area (Å²) in [6.45, 7) is 1.33. The van der Waals surface area contributed by atoms with Crippen LogP contribution in [0, 0.1) is 0 Å². The van der Waals surface area contributed by atoms with Crippen LogP contribution in [-0.4, -0.2) is 47.5 Å². The number of thioether (sulfide) groups is 1. The third-order valence-corrected chi connectivity index (χ3v) is 4.79. The molecule has 12 heteroatoms. The molecule has 1 saturated heterocycles. The predicted octanol–water partition coefficient (Wildman–Crippen LogP) is 3.39. The molecule has 1 fully saturated rings. The van der Waals surface area contributed by atoms with E-state index in [4.69, 9.17) is 10.5 Å². The van der Waals surface area contributed by atoms with Gasteiger partial charge in [0.2, 0.25) is 5.95 Å². The lowest BCUT2D eigenvalue weighted by atomic mass is 10.1. The van der Waals surface area contributed by atoms with Gasteiger partial charge in [-0.1, -0.05) is 11.8 Å². The molecule has 0 aromatic carbocycles. The van der Waals surface area contributed by atoms with E-state index in [2.05, 4.69) is 15.0 Å². The topological polar surface area (TPSA) is 77.2 Å². The number of anilines is 2. The van der Waals surface area contributed by atoms with E-state index in [1.807, 2.05) is 0 Å². The third kappa shape index (κ3) is 4.27. The molecule has 0 saturated carbocycles. The molecule has 3 rings (SSSR count). The van der Waals surface area contributed by atoms with E-state index >= 15 is 0 Å². The molecule has 1 aliphatic heterocycles. The Morgan fingerprint density at radius 2 is 1.79 bits per heavy atom. The smallest absolute Gasteiger partial charge is 0.384 e. The Kier molecular flexibility index (Phi) is 5.62. The Labute approximate surface area is 161 Å². The number of halogens is 5. The standard InChI is InChI=1S/C16H16F5N5OS/c1-28-16(20,21)12-7-11(24-14(25-12)26-2-4-27-5-3-26)9-8-23-13(22)6-10(9)15(17,18)19/h6-8H,2-5H2,1H3,(H2,22,23). The average molecular weight is 421 g/mol. The van der Waals surface area contributed by atoms with Crippen LogP contribution in [0.25, 0.3) is 11.3 Å². The Morgan fingerprint density at radius 3 is 2.39 bits per heavy atom. The van der Waals surface area contributed by atoms with Crippen molar-refractivity contribution in [3.05, 3.63) is 29.6 Å². The van der Waals surface area contributed by atoms with Gasteiger partial charge in [0.15, 0.2) is 0 Å². The van der Waals surface area contributed by atoms with Gasteiger partial charge in [-0.25, -0.2) is 15.0 Å². The Hall–Kier alpha value is -2.21. The molecule has 2 N–H and O–H groups in total. The highest BCUT2D eigenvalue weighted by atomic mass is 32.2. The monoisotopic (exact) mass is 421 g/mol. The molecule has 1 aliphatic rings. The Morgan fingerprint density at radius 1 is 1.11 bits per heavy atom. The second kappa shape index (κ2) is 7.66. The van der Waals surface area contributed by atoms with E-state index in [1.165, 1.54) is 6.26 Å². The van der Waals surface area contributed by atoms with Crippen molar-refractivity contribution in [1.29, 1.82) is 0 Å². The SMILES string of the molecule is CSC(F)(F)c1cc(-c2cnc(N)cc2C(F)(F)F)nc(N2CCOCC2)n1. The summed E-state index contributed by atoms with van der Waals surface area (Å²) in [6.07, 6.45) is -2.70. The van der Waals surface area contributed by atoms with E-state index in [0.717, 1.165) is 12.3 Å². The van der Waals surface area contributed by atoms with Crippen molar-refractivity contribution < 1.29 is 26.7 Å². The zero-order valence-electron chi connectivity index (χ0n) is 14.6. The van der Waals surface area contributed by atoms with E-state index < -0.39 is 28.3 Å². The van der Waals surface area contributed by atoms with Crippen LogP contribution in [-0.2, 0) is 16.2 Å². The lowest BCUT2D eigenvalue weighted by Crippen LogP contribution is -2.37. The van der Waals surface area contributed by atoms with Gasteiger partial charge in [-0.05, 0) is 18.4 Å². The molecule has 2 aromatic heterocycles. The molecule has 0 unspecified atom stereocenters. The van der Waals surface area contributed by atoms with Gasteiger partial charge in [0.25, 0.3) is 0 Å². The number of rotatable bonds is 4. The van der Waals surface area contributed by atoms with Crippen molar-refractivity contribution in [2.45, 2.75) is 11.4 Å². The van der Waals surface area contributed by atoms with Gasteiger partial charge < -0.3 is 15.4 Å². The first-order valence-electron chi connectivity index (χ1n) is 8.10. The fraction of sp³-hybridized carbons (Fsp3) is 0.438. The molecule has 3 heterocycles. The molecule has 0 aliphatic carbocycles. The summed E-state index contributed by atoms with van der Waals surface area (Å²) >= 11 is 0.227. The summed E-state index contributed by atoms with van der Waals surface area (Å²) in [5, 5.41) is -3.40. The summed E-state index contributed by atoms with van der Waals surface area (Å²) in [5.74, 6) is -0.428.